The van der Waals surface area contributed by atoms with E-state index in [2.05, 4.69) is 33.2 Å². The highest BCUT2D eigenvalue weighted by Gasteiger charge is 2.43. The van der Waals surface area contributed by atoms with Crippen molar-refractivity contribution < 1.29 is 19.1 Å². The number of rotatable bonds is 10. The average molecular weight is 531 g/mol. The largest absolute Gasteiger partial charge is 0.485 e. The number of aliphatic hydroxyl groups is 1. The van der Waals surface area contributed by atoms with Crippen LogP contribution in [0.15, 0.2) is 47.5 Å². The van der Waals surface area contributed by atoms with Crippen LogP contribution in [0.3, 0.4) is 0 Å². The molecule has 1 amide bonds. The molecule has 8 heteroatoms. The first kappa shape index (κ1) is 26.0. The third-order valence-electron chi connectivity index (χ3n) is 9.02. The van der Waals surface area contributed by atoms with Gasteiger partial charge in [-0.1, -0.05) is 18.9 Å². The van der Waals surface area contributed by atoms with Crippen LogP contribution in [-0.2, 0) is 26.0 Å². The zero-order valence-corrected chi connectivity index (χ0v) is 22.6. The second-order valence-electron chi connectivity index (χ2n) is 11.5. The van der Waals surface area contributed by atoms with Crippen molar-refractivity contribution in [2.75, 3.05) is 19.6 Å². The van der Waals surface area contributed by atoms with Crippen LogP contribution in [0.1, 0.15) is 64.2 Å². The highest BCUT2D eigenvalue weighted by atomic mass is 16.5. The number of nitrogens with zero attached hydrogens (tertiary/aromatic N) is 3. The maximum Gasteiger partial charge on any atom is 0.251 e. The monoisotopic (exact) mass is 530 g/mol. The number of aromatic nitrogens is 2. The van der Waals surface area contributed by atoms with Crippen LogP contribution in [-0.4, -0.2) is 51.6 Å². The summed E-state index contributed by atoms with van der Waals surface area (Å²) in [4.78, 5) is 23.5. The molecule has 3 aliphatic rings. The van der Waals surface area contributed by atoms with Gasteiger partial charge in [-0.3, -0.25) is 14.7 Å². The number of oxazole rings is 1. The standard InChI is InChI=1S/C31H38N4O4/c1-20-28-8-10-35(16-23(28)5-6-30(20)38-18-27-15-32-19-39-27)17-26(36)14-34-31(37)22-7-9-33-25(12-22)13-24-11-21-3-2-4-29(21)24/h5-7,9,12,15,19,21,24,26,29,36H,2-4,8,10-11,13-14,16-18H2,1H3,(H,34,37)/t21?,24?,26-,29?/m0/s1. The van der Waals surface area contributed by atoms with E-state index in [-0.39, 0.29) is 12.5 Å². The van der Waals surface area contributed by atoms with E-state index in [1.54, 1.807) is 18.5 Å². The molecule has 2 saturated carbocycles. The minimum Gasteiger partial charge on any atom is -0.485 e. The van der Waals surface area contributed by atoms with Gasteiger partial charge in [0, 0.05) is 43.6 Å². The van der Waals surface area contributed by atoms with Gasteiger partial charge in [0.2, 0.25) is 0 Å². The maximum atomic E-state index is 12.8. The molecule has 0 spiro atoms. The van der Waals surface area contributed by atoms with Crippen LogP contribution in [0.5, 0.6) is 5.75 Å². The van der Waals surface area contributed by atoms with Gasteiger partial charge in [0.25, 0.3) is 5.91 Å². The summed E-state index contributed by atoms with van der Waals surface area (Å²) >= 11 is 0. The summed E-state index contributed by atoms with van der Waals surface area (Å²) in [6.45, 7) is 4.79. The molecular weight excluding hydrogens is 492 g/mol. The smallest absolute Gasteiger partial charge is 0.251 e. The normalized spacial score (nSPS) is 23.0. The van der Waals surface area contributed by atoms with Crippen LogP contribution in [0.4, 0.5) is 0 Å². The Bertz CT molecular complexity index is 1290. The number of amides is 1. The molecule has 6 rings (SSSR count). The molecule has 39 heavy (non-hydrogen) atoms. The lowest BCUT2D eigenvalue weighted by Gasteiger charge is -2.40. The summed E-state index contributed by atoms with van der Waals surface area (Å²) in [5.74, 6) is 3.92. The highest BCUT2D eigenvalue weighted by Crippen LogP contribution is 2.52. The van der Waals surface area contributed by atoms with Crippen molar-refractivity contribution in [1.29, 1.82) is 0 Å². The first-order valence-electron chi connectivity index (χ1n) is 14.3. The van der Waals surface area contributed by atoms with Crippen LogP contribution >= 0.6 is 0 Å². The molecule has 3 unspecified atom stereocenters. The van der Waals surface area contributed by atoms with Gasteiger partial charge in [0.15, 0.2) is 12.2 Å². The number of aliphatic hydroxyl groups excluding tert-OH is 1. The Morgan fingerprint density at radius 1 is 1.31 bits per heavy atom. The molecule has 2 N–H and O–H groups in total. The number of nitrogens with one attached hydrogen (secondary N) is 1. The molecular formula is C31H38N4O4. The quantitative estimate of drug-likeness (QED) is 0.407. The Balaban J connectivity index is 0.971. The van der Waals surface area contributed by atoms with Gasteiger partial charge in [-0.05, 0) is 85.3 Å². The zero-order chi connectivity index (χ0) is 26.8. The Morgan fingerprint density at radius 3 is 3.08 bits per heavy atom. The van der Waals surface area contributed by atoms with Crippen molar-refractivity contribution in [3.63, 3.8) is 0 Å². The number of benzene rings is 1. The van der Waals surface area contributed by atoms with E-state index in [0.717, 1.165) is 60.7 Å². The third-order valence-corrected chi connectivity index (χ3v) is 9.02. The molecule has 0 radical (unpaired) electrons. The van der Waals surface area contributed by atoms with E-state index in [1.807, 2.05) is 12.1 Å². The zero-order valence-electron chi connectivity index (χ0n) is 22.6. The summed E-state index contributed by atoms with van der Waals surface area (Å²) in [5.41, 5.74) is 5.34. The van der Waals surface area contributed by atoms with E-state index in [9.17, 15) is 9.90 Å². The van der Waals surface area contributed by atoms with Crippen LogP contribution in [0.25, 0.3) is 0 Å². The first-order valence-corrected chi connectivity index (χ1v) is 14.3. The van der Waals surface area contributed by atoms with Crippen molar-refractivity contribution in [3.8, 4) is 5.75 Å². The topological polar surface area (TPSA) is 101 Å². The molecule has 2 aromatic heterocycles. The number of pyridine rings is 1. The Morgan fingerprint density at radius 2 is 2.23 bits per heavy atom. The summed E-state index contributed by atoms with van der Waals surface area (Å²) in [5, 5.41) is 13.6. The Kier molecular flexibility index (Phi) is 7.66. The minimum atomic E-state index is -0.642. The number of hydrogen-bond donors (Lipinski definition) is 2. The van der Waals surface area contributed by atoms with Gasteiger partial charge in [-0.25, -0.2) is 4.98 Å². The Hall–Kier alpha value is -3.23. The molecule has 3 aromatic rings. The van der Waals surface area contributed by atoms with Crippen molar-refractivity contribution in [2.24, 2.45) is 17.8 Å². The van der Waals surface area contributed by atoms with Crippen LogP contribution in [0, 0.1) is 24.7 Å². The van der Waals surface area contributed by atoms with Crippen molar-refractivity contribution in [3.05, 3.63) is 76.8 Å². The van der Waals surface area contributed by atoms with E-state index < -0.39 is 6.10 Å². The van der Waals surface area contributed by atoms with Gasteiger partial charge in [0.1, 0.15) is 12.4 Å². The second-order valence-corrected chi connectivity index (χ2v) is 11.5. The third kappa shape index (κ3) is 5.87. The summed E-state index contributed by atoms with van der Waals surface area (Å²) in [7, 11) is 0. The summed E-state index contributed by atoms with van der Waals surface area (Å²) < 4.78 is 11.2. The lowest BCUT2D eigenvalue weighted by molar-refractivity contribution is 0.0841. The van der Waals surface area contributed by atoms with Crippen molar-refractivity contribution in [2.45, 2.75) is 64.7 Å². The van der Waals surface area contributed by atoms with Crippen molar-refractivity contribution in [1.82, 2.24) is 20.2 Å². The number of hydrogen-bond acceptors (Lipinski definition) is 7. The van der Waals surface area contributed by atoms with Gasteiger partial charge in [-0.2, -0.15) is 0 Å². The van der Waals surface area contributed by atoms with Gasteiger partial charge in [-0.15, -0.1) is 0 Å². The molecule has 1 aliphatic heterocycles. The fourth-order valence-corrected chi connectivity index (χ4v) is 6.91. The van der Waals surface area contributed by atoms with E-state index >= 15 is 0 Å². The first-order chi connectivity index (χ1) is 19.0. The van der Waals surface area contributed by atoms with Gasteiger partial charge < -0.3 is 19.6 Å². The molecule has 1 aromatic carbocycles. The predicted molar refractivity (Wildman–Crippen MR) is 146 cm³/mol. The van der Waals surface area contributed by atoms with Crippen LogP contribution in [0.2, 0.25) is 0 Å². The van der Waals surface area contributed by atoms with E-state index in [0.29, 0.717) is 24.5 Å². The predicted octanol–water partition coefficient (Wildman–Crippen LogP) is 4.08. The number of carbonyl (C=O) groups is 1. The fraction of sp³-hybridized carbons (Fsp3) is 0.516. The number of β-amino-alcohol motifs (C(OH)–C–C–N with tert-alkyl or cyclic N) is 1. The molecule has 0 saturated heterocycles. The number of carbonyl (C=O) groups excluding carboxylic acids is 1. The molecule has 2 fully saturated rings. The maximum absolute atomic E-state index is 12.8. The molecule has 0 bridgehead atoms. The van der Waals surface area contributed by atoms with E-state index in [1.165, 1.54) is 43.2 Å². The minimum absolute atomic E-state index is 0.150. The lowest BCUT2D eigenvalue weighted by atomic mass is 9.65. The molecule has 4 atom stereocenters. The molecule has 3 heterocycles. The fourth-order valence-electron chi connectivity index (χ4n) is 6.91. The van der Waals surface area contributed by atoms with Gasteiger partial charge in [0.05, 0.1) is 12.3 Å². The SMILES string of the molecule is Cc1c(OCc2cnco2)ccc2c1CCN(C[C@@H](O)CNC(=O)c1ccnc(CC3CC4CCCC43)c1)C2. The highest BCUT2D eigenvalue weighted by molar-refractivity contribution is 5.94. The summed E-state index contributed by atoms with van der Waals surface area (Å²) in [6.07, 6.45) is 11.5. The number of fused-ring (bicyclic) bond motifs is 2. The van der Waals surface area contributed by atoms with E-state index in [4.69, 9.17) is 9.15 Å². The average Bonchev–Trinajstić information content (AvgIpc) is 3.60. The van der Waals surface area contributed by atoms with Gasteiger partial charge >= 0.3 is 0 Å². The van der Waals surface area contributed by atoms with Crippen LogP contribution < -0.4 is 10.1 Å². The Labute approximate surface area is 229 Å². The number of ether oxygens (including phenoxy) is 1. The molecule has 2 aliphatic carbocycles. The molecule has 206 valence electrons. The lowest BCUT2D eigenvalue weighted by Crippen LogP contribution is -2.42. The second kappa shape index (κ2) is 11.5. The summed E-state index contributed by atoms with van der Waals surface area (Å²) in [6, 6.07) is 7.80. The van der Waals surface area contributed by atoms with Crippen molar-refractivity contribution >= 4 is 5.91 Å². The molecule has 8 nitrogen and oxygen atoms in total.